The quantitative estimate of drug-likeness (QED) is 0.510. The molecule has 0 saturated heterocycles. The molecule has 30 heavy (non-hydrogen) atoms. The lowest BCUT2D eigenvalue weighted by Gasteiger charge is -2.24. The number of primary sulfonamides is 1. The van der Waals surface area contributed by atoms with Gasteiger partial charge in [-0.3, -0.25) is 0 Å². The van der Waals surface area contributed by atoms with Gasteiger partial charge in [-0.25, -0.2) is 17.8 Å². The van der Waals surface area contributed by atoms with Crippen LogP contribution in [-0.4, -0.2) is 24.2 Å². The van der Waals surface area contributed by atoms with Gasteiger partial charge in [0.2, 0.25) is 10.0 Å². The van der Waals surface area contributed by atoms with Crippen molar-refractivity contribution in [3.8, 4) is 5.75 Å². The molecule has 0 spiro atoms. The third-order valence-electron chi connectivity index (χ3n) is 4.36. The maximum absolute atomic E-state index is 12.2. The summed E-state index contributed by atoms with van der Waals surface area (Å²) in [5.74, 6) is -0.173. The topological polar surface area (TPSA) is 125 Å². The first kappa shape index (κ1) is 21.8. The molecule has 10 heteroatoms. The van der Waals surface area contributed by atoms with Crippen LogP contribution in [0.2, 0.25) is 0 Å². The first-order valence-electron chi connectivity index (χ1n) is 8.80. The lowest BCUT2D eigenvalue weighted by atomic mass is 10.2. The average molecular weight is 447 g/mol. The lowest BCUT2D eigenvalue weighted by molar-refractivity contribution is 0.440. The number of sulfonamides is 1. The molecule has 0 aliphatic rings. The molecular formula is C20H20N3O5S2-. The van der Waals surface area contributed by atoms with Crippen molar-refractivity contribution in [1.82, 2.24) is 0 Å². The molecule has 0 saturated carbocycles. The summed E-state index contributed by atoms with van der Waals surface area (Å²) >= 11 is -2.90. The Labute approximate surface area is 177 Å². The van der Waals surface area contributed by atoms with Gasteiger partial charge in [0.25, 0.3) is 0 Å². The van der Waals surface area contributed by atoms with Gasteiger partial charge in [-0.15, -0.1) is 0 Å². The standard InChI is InChI=1S/C20H21N3O5S2/c1-23(16-10-6-3-7-11-16)18-12-17(22-14-15-8-4-2-5-9-15)19(28-29(24)25)13-20(18)30(21,26)27/h2-13,22H,14H2,1H3,(H,24,25)(H2,21,26,27)/p-1. The van der Waals surface area contributed by atoms with Crippen molar-refractivity contribution < 1.29 is 21.4 Å². The minimum atomic E-state index is -4.18. The minimum Gasteiger partial charge on any atom is -0.740 e. The smallest absolute Gasteiger partial charge is 0.240 e. The van der Waals surface area contributed by atoms with E-state index in [9.17, 15) is 17.2 Å². The van der Waals surface area contributed by atoms with Gasteiger partial charge in [0.15, 0.2) is 5.75 Å². The molecule has 1 atom stereocenters. The Morgan fingerprint density at radius 2 is 1.67 bits per heavy atom. The summed E-state index contributed by atoms with van der Waals surface area (Å²) in [4.78, 5) is 1.38. The van der Waals surface area contributed by atoms with E-state index >= 15 is 0 Å². The summed E-state index contributed by atoms with van der Waals surface area (Å²) in [5, 5.41) is 8.50. The zero-order valence-electron chi connectivity index (χ0n) is 16.0. The van der Waals surface area contributed by atoms with Crippen molar-refractivity contribution in [1.29, 1.82) is 0 Å². The van der Waals surface area contributed by atoms with E-state index < -0.39 is 21.4 Å². The van der Waals surface area contributed by atoms with E-state index in [1.165, 1.54) is 6.07 Å². The molecule has 0 fully saturated rings. The Bertz CT molecular complexity index is 1140. The van der Waals surface area contributed by atoms with Gasteiger partial charge in [0, 0.05) is 25.3 Å². The number of benzene rings is 3. The fraction of sp³-hybridized carbons (Fsp3) is 0.100. The summed E-state index contributed by atoms with van der Waals surface area (Å²) in [6, 6.07) is 21.1. The first-order valence-corrected chi connectivity index (χ1v) is 11.4. The van der Waals surface area contributed by atoms with Gasteiger partial charge in [-0.2, -0.15) is 0 Å². The van der Waals surface area contributed by atoms with Gasteiger partial charge in [0.1, 0.15) is 16.3 Å². The Kier molecular flexibility index (Phi) is 6.73. The average Bonchev–Trinajstić information content (AvgIpc) is 2.72. The van der Waals surface area contributed by atoms with Crippen LogP contribution in [0.15, 0.2) is 77.7 Å². The fourth-order valence-electron chi connectivity index (χ4n) is 2.90. The second kappa shape index (κ2) is 9.26. The number of rotatable bonds is 8. The van der Waals surface area contributed by atoms with Crippen LogP contribution < -0.4 is 19.5 Å². The third kappa shape index (κ3) is 5.36. The summed E-state index contributed by atoms with van der Waals surface area (Å²) in [7, 11) is -2.49. The third-order valence-corrected chi connectivity index (χ3v) is 5.61. The van der Waals surface area contributed by atoms with Crippen LogP contribution in [0, 0.1) is 0 Å². The number of hydrogen-bond acceptors (Lipinski definition) is 7. The molecule has 8 nitrogen and oxygen atoms in total. The van der Waals surface area contributed by atoms with Crippen LogP contribution in [0.5, 0.6) is 5.75 Å². The first-order chi connectivity index (χ1) is 14.3. The predicted octanol–water partition coefficient (Wildman–Crippen LogP) is 2.89. The number of hydrogen-bond donors (Lipinski definition) is 2. The van der Waals surface area contributed by atoms with E-state index in [0.29, 0.717) is 12.2 Å². The number of nitrogens with two attached hydrogens (primary N) is 1. The van der Waals surface area contributed by atoms with Crippen molar-refractivity contribution in [3.05, 3.63) is 78.4 Å². The summed E-state index contributed by atoms with van der Waals surface area (Å²) in [6.07, 6.45) is 0. The molecule has 3 aromatic carbocycles. The minimum absolute atomic E-state index is 0.173. The molecule has 158 valence electrons. The summed E-state index contributed by atoms with van der Waals surface area (Å²) in [5.41, 5.74) is 2.23. The maximum Gasteiger partial charge on any atom is 0.240 e. The molecule has 3 aromatic rings. The van der Waals surface area contributed by atoms with Crippen molar-refractivity contribution in [2.45, 2.75) is 11.4 Å². The number of para-hydroxylation sites is 1. The Morgan fingerprint density at radius 1 is 1.07 bits per heavy atom. The van der Waals surface area contributed by atoms with Crippen LogP contribution >= 0.6 is 0 Å². The number of nitrogens with one attached hydrogen (secondary N) is 1. The lowest BCUT2D eigenvalue weighted by Crippen LogP contribution is -2.19. The SMILES string of the molecule is CN(c1ccccc1)c1cc(NCc2ccccc2)c(OS(=O)[O-])cc1S(N)(=O)=O. The monoisotopic (exact) mass is 446 g/mol. The van der Waals surface area contributed by atoms with Crippen LogP contribution in [0.4, 0.5) is 17.1 Å². The molecular weight excluding hydrogens is 426 g/mol. The normalized spacial score (nSPS) is 12.2. The Hall–Kier alpha value is -2.92. The molecule has 3 N–H and O–H groups in total. The number of anilines is 3. The largest absolute Gasteiger partial charge is 0.740 e. The van der Waals surface area contributed by atoms with E-state index in [1.54, 1.807) is 24.1 Å². The van der Waals surface area contributed by atoms with Crippen LogP contribution in [0.3, 0.4) is 0 Å². The van der Waals surface area contributed by atoms with Gasteiger partial charge >= 0.3 is 0 Å². The Morgan fingerprint density at radius 3 is 2.23 bits per heavy atom. The van der Waals surface area contributed by atoms with Crippen LogP contribution in [0.1, 0.15) is 5.56 Å². The van der Waals surface area contributed by atoms with Crippen molar-refractivity contribution >= 4 is 38.4 Å². The van der Waals surface area contributed by atoms with Crippen LogP contribution in [-0.2, 0) is 27.9 Å². The molecule has 0 aliphatic heterocycles. The molecule has 0 aromatic heterocycles. The van der Waals surface area contributed by atoms with Crippen molar-refractivity contribution in [2.75, 3.05) is 17.3 Å². The predicted molar refractivity (Wildman–Crippen MR) is 116 cm³/mol. The summed E-state index contributed by atoms with van der Waals surface area (Å²) < 4.78 is 51.6. The van der Waals surface area contributed by atoms with E-state index in [4.69, 9.17) is 9.32 Å². The molecule has 3 rings (SSSR count). The molecule has 0 heterocycles. The highest BCUT2D eigenvalue weighted by Crippen LogP contribution is 2.38. The number of nitrogens with zero attached hydrogens (tertiary/aromatic N) is 1. The van der Waals surface area contributed by atoms with Crippen molar-refractivity contribution in [2.24, 2.45) is 5.14 Å². The van der Waals surface area contributed by atoms with Crippen LogP contribution in [0.25, 0.3) is 0 Å². The van der Waals surface area contributed by atoms with Gasteiger partial charge < -0.3 is 19.0 Å². The summed E-state index contributed by atoms with van der Waals surface area (Å²) in [6.45, 7) is 0.367. The Balaban J connectivity index is 2.10. The second-order valence-electron chi connectivity index (χ2n) is 6.38. The molecule has 0 bridgehead atoms. The maximum atomic E-state index is 12.2. The molecule has 1 unspecified atom stereocenters. The van der Waals surface area contributed by atoms with Gasteiger partial charge in [-0.1, -0.05) is 48.5 Å². The van der Waals surface area contributed by atoms with Crippen molar-refractivity contribution in [3.63, 3.8) is 0 Å². The molecule has 0 radical (unpaired) electrons. The zero-order chi connectivity index (χ0) is 21.7. The van der Waals surface area contributed by atoms with E-state index in [-0.39, 0.29) is 16.3 Å². The van der Waals surface area contributed by atoms with Gasteiger partial charge in [0.05, 0.1) is 11.4 Å². The van der Waals surface area contributed by atoms with E-state index in [1.807, 2.05) is 48.5 Å². The molecule has 0 amide bonds. The highest BCUT2D eigenvalue weighted by molar-refractivity contribution is 7.89. The van der Waals surface area contributed by atoms with E-state index in [2.05, 4.69) is 5.32 Å². The fourth-order valence-corrected chi connectivity index (χ4v) is 3.95. The second-order valence-corrected chi connectivity index (χ2v) is 8.49. The van der Waals surface area contributed by atoms with Gasteiger partial charge in [-0.05, 0) is 23.8 Å². The highest BCUT2D eigenvalue weighted by Gasteiger charge is 2.22. The molecule has 0 aliphatic carbocycles. The highest BCUT2D eigenvalue weighted by atomic mass is 32.2. The zero-order valence-corrected chi connectivity index (χ0v) is 17.7. The van der Waals surface area contributed by atoms with E-state index in [0.717, 1.165) is 17.3 Å².